The first-order chi connectivity index (χ1) is 8.81. The zero-order valence-corrected chi connectivity index (χ0v) is 10.2. The van der Waals surface area contributed by atoms with Gasteiger partial charge in [-0.1, -0.05) is 0 Å². The molecule has 0 aromatic carbocycles. The molecule has 2 rings (SSSR count). The molecule has 0 amide bonds. The van der Waals surface area contributed by atoms with Gasteiger partial charge in [0.1, 0.15) is 12.0 Å². The van der Waals surface area contributed by atoms with E-state index in [1.54, 1.807) is 6.20 Å². The molecule has 0 spiro atoms. The largest absolute Gasteiger partial charge is 0.479 e. The van der Waals surface area contributed by atoms with E-state index in [9.17, 15) is 0 Å². The Kier molecular flexibility index (Phi) is 3.95. The second-order valence-electron chi connectivity index (χ2n) is 3.69. The number of hydrogen-bond acceptors (Lipinski definition) is 6. The molecule has 0 aliphatic rings. The summed E-state index contributed by atoms with van der Waals surface area (Å²) in [7, 11) is 1.53. The van der Waals surface area contributed by atoms with Crippen LogP contribution in [0.3, 0.4) is 0 Å². The van der Waals surface area contributed by atoms with E-state index in [0.717, 1.165) is 19.5 Å². The van der Waals surface area contributed by atoms with Gasteiger partial charge in [-0.25, -0.2) is 4.98 Å². The van der Waals surface area contributed by atoms with Gasteiger partial charge in [0.2, 0.25) is 5.88 Å². The summed E-state index contributed by atoms with van der Waals surface area (Å²) in [6, 6.07) is 1.90. The van der Waals surface area contributed by atoms with Crippen molar-refractivity contribution in [2.75, 3.05) is 24.7 Å². The highest BCUT2D eigenvalue weighted by Gasteiger charge is 2.06. The molecule has 0 fully saturated rings. The zero-order valence-electron chi connectivity index (χ0n) is 10.2. The Balaban J connectivity index is 1.83. The van der Waals surface area contributed by atoms with Gasteiger partial charge in [0, 0.05) is 25.5 Å². The fourth-order valence-electron chi connectivity index (χ4n) is 1.56. The van der Waals surface area contributed by atoms with Crippen molar-refractivity contribution in [2.24, 2.45) is 0 Å². The highest BCUT2D eigenvalue weighted by atomic mass is 16.5. The summed E-state index contributed by atoms with van der Waals surface area (Å²) < 4.78 is 6.90. The third-order valence-electron chi connectivity index (χ3n) is 2.46. The number of methoxy groups -OCH3 is 1. The topological polar surface area (TPSA) is 90.9 Å². The van der Waals surface area contributed by atoms with Crippen molar-refractivity contribution in [2.45, 2.75) is 13.0 Å². The third kappa shape index (κ3) is 2.88. The molecule has 0 radical (unpaired) electrons. The molecule has 3 N–H and O–H groups in total. The Morgan fingerprint density at radius 2 is 2.33 bits per heavy atom. The van der Waals surface area contributed by atoms with Crippen LogP contribution in [0.5, 0.6) is 5.88 Å². The molecule has 18 heavy (non-hydrogen) atoms. The fraction of sp³-hybridized carbons (Fsp3) is 0.364. The van der Waals surface area contributed by atoms with Crippen LogP contribution in [0.25, 0.3) is 0 Å². The van der Waals surface area contributed by atoms with Crippen LogP contribution in [0.1, 0.15) is 6.42 Å². The first kappa shape index (κ1) is 12.2. The number of nitrogens with two attached hydrogens (primary N) is 1. The van der Waals surface area contributed by atoms with E-state index in [0.29, 0.717) is 17.4 Å². The van der Waals surface area contributed by atoms with Crippen LogP contribution in [0, 0.1) is 0 Å². The summed E-state index contributed by atoms with van der Waals surface area (Å²) in [5, 5.41) is 7.28. The van der Waals surface area contributed by atoms with E-state index in [1.807, 2.05) is 16.9 Å². The Hall–Kier alpha value is -2.31. The monoisotopic (exact) mass is 248 g/mol. The normalized spacial score (nSPS) is 10.3. The predicted octanol–water partition coefficient (Wildman–Crippen LogP) is 0.766. The van der Waals surface area contributed by atoms with Gasteiger partial charge in [-0.15, -0.1) is 0 Å². The third-order valence-corrected chi connectivity index (χ3v) is 2.46. The SMILES string of the molecule is COc1ncnc(NCCCn2cccn2)c1N. The maximum absolute atomic E-state index is 5.84. The maximum Gasteiger partial charge on any atom is 0.242 e. The number of rotatable bonds is 6. The van der Waals surface area contributed by atoms with E-state index in [4.69, 9.17) is 10.5 Å². The van der Waals surface area contributed by atoms with Crippen molar-refractivity contribution < 1.29 is 4.74 Å². The lowest BCUT2D eigenvalue weighted by molar-refractivity contribution is 0.399. The Morgan fingerprint density at radius 1 is 1.44 bits per heavy atom. The summed E-state index contributed by atoms with van der Waals surface area (Å²) >= 11 is 0. The van der Waals surface area contributed by atoms with E-state index >= 15 is 0 Å². The smallest absolute Gasteiger partial charge is 0.242 e. The molecule has 96 valence electrons. The second-order valence-corrected chi connectivity index (χ2v) is 3.69. The van der Waals surface area contributed by atoms with E-state index in [1.165, 1.54) is 13.4 Å². The van der Waals surface area contributed by atoms with Gasteiger partial charge in [0.15, 0.2) is 5.82 Å². The molecule has 0 atom stereocenters. The molecular weight excluding hydrogens is 232 g/mol. The van der Waals surface area contributed by atoms with Crippen LogP contribution >= 0.6 is 0 Å². The highest BCUT2D eigenvalue weighted by molar-refractivity contribution is 5.66. The lowest BCUT2D eigenvalue weighted by Crippen LogP contribution is -2.10. The molecule has 2 aromatic heterocycles. The minimum atomic E-state index is 0.388. The first-order valence-corrected chi connectivity index (χ1v) is 5.67. The van der Waals surface area contributed by atoms with E-state index in [-0.39, 0.29) is 0 Å². The fourth-order valence-corrected chi connectivity index (χ4v) is 1.56. The summed E-state index contributed by atoms with van der Waals surface area (Å²) in [5.41, 5.74) is 6.27. The van der Waals surface area contributed by atoms with Crippen molar-refractivity contribution in [1.29, 1.82) is 0 Å². The van der Waals surface area contributed by atoms with E-state index < -0.39 is 0 Å². The van der Waals surface area contributed by atoms with Crippen LogP contribution in [-0.2, 0) is 6.54 Å². The van der Waals surface area contributed by atoms with Crippen molar-refractivity contribution in [3.63, 3.8) is 0 Å². The van der Waals surface area contributed by atoms with Gasteiger partial charge < -0.3 is 15.8 Å². The summed E-state index contributed by atoms with van der Waals surface area (Å²) in [6.07, 6.45) is 6.04. The van der Waals surface area contributed by atoms with Gasteiger partial charge >= 0.3 is 0 Å². The van der Waals surface area contributed by atoms with Gasteiger partial charge in [0.25, 0.3) is 0 Å². The average Bonchev–Trinajstić information content (AvgIpc) is 2.89. The van der Waals surface area contributed by atoms with Crippen molar-refractivity contribution in [1.82, 2.24) is 19.7 Å². The molecular formula is C11H16N6O. The first-order valence-electron chi connectivity index (χ1n) is 5.67. The highest BCUT2D eigenvalue weighted by Crippen LogP contribution is 2.23. The number of ether oxygens (including phenoxy) is 1. The molecule has 7 heteroatoms. The molecule has 2 heterocycles. The number of nitrogens with one attached hydrogen (secondary N) is 1. The quantitative estimate of drug-likeness (QED) is 0.734. The lowest BCUT2D eigenvalue weighted by atomic mass is 10.4. The summed E-state index contributed by atoms with van der Waals surface area (Å²) in [6.45, 7) is 1.60. The summed E-state index contributed by atoms with van der Waals surface area (Å²) in [5.74, 6) is 0.988. The van der Waals surface area contributed by atoms with Gasteiger partial charge in [0.05, 0.1) is 7.11 Å². The summed E-state index contributed by atoms with van der Waals surface area (Å²) in [4.78, 5) is 7.99. The number of hydrogen-bond donors (Lipinski definition) is 2. The molecule has 0 aliphatic carbocycles. The Labute approximate surface area is 105 Å². The minimum Gasteiger partial charge on any atom is -0.479 e. The van der Waals surface area contributed by atoms with Crippen LogP contribution < -0.4 is 15.8 Å². The standard InChI is InChI=1S/C11H16N6O/c1-18-11-9(12)10(14-8-15-11)13-4-2-6-17-7-3-5-16-17/h3,5,7-8H,2,4,6,12H2,1H3,(H,13,14,15). The van der Waals surface area contributed by atoms with Gasteiger partial charge in [-0.05, 0) is 12.5 Å². The molecule has 0 saturated heterocycles. The van der Waals surface area contributed by atoms with Crippen LogP contribution in [0.15, 0.2) is 24.8 Å². The molecule has 7 nitrogen and oxygen atoms in total. The molecule has 0 bridgehead atoms. The lowest BCUT2D eigenvalue weighted by Gasteiger charge is -2.09. The zero-order chi connectivity index (χ0) is 12.8. The van der Waals surface area contributed by atoms with Crippen LogP contribution in [-0.4, -0.2) is 33.4 Å². The number of anilines is 2. The number of aryl methyl sites for hydroxylation is 1. The van der Waals surface area contributed by atoms with Crippen molar-refractivity contribution in [3.8, 4) is 5.88 Å². The number of nitrogen functional groups attached to an aromatic ring is 1. The van der Waals surface area contributed by atoms with Gasteiger partial charge in [-0.2, -0.15) is 10.1 Å². The Morgan fingerprint density at radius 3 is 3.06 bits per heavy atom. The van der Waals surface area contributed by atoms with Crippen molar-refractivity contribution >= 4 is 11.5 Å². The van der Waals surface area contributed by atoms with E-state index in [2.05, 4.69) is 20.4 Å². The molecule has 0 aliphatic heterocycles. The van der Waals surface area contributed by atoms with Crippen LogP contribution in [0.4, 0.5) is 11.5 Å². The van der Waals surface area contributed by atoms with Crippen molar-refractivity contribution in [3.05, 3.63) is 24.8 Å². The number of nitrogens with zero attached hydrogens (tertiary/aromatic N) is 4. The second kappa shape index (κ2) is 5.85. The molecule has 0 saturated carbocycles. The maximum atomic E-state index is 5.84. The van der Waals surface area contributed by atoms with Gasteiger partial charge in [-0.3, -0.25) is 4.68 Å². The van der Waals surface area contributed by atoms with Crippen LogP contribution in [0.2, 0.25) is 0 Å². The predicted molar refractivity (Wildman–Crippen MR) is 68.3 cm³/mol. The number of aromatic nitrogens is 4. The molecule has 2 aromatic rings. The Bertz CT molecular complexity index is 484. The minimum absolute atomic E-state index is 0.388. The molecule has 0 unspecified atom stereocenters. The average molecular weight is 248 g/mol.